The van der Waals surface area contributed by atoms with Crippen molar-refractivity contribution >= 4 is 40.1 Å². The van der Waals surface area contributed by atoms with E-state index in [4.69, 9.17) is 15.2 Å². The zero-order chi connectivity index (χ0) is 39.5. The van der Waals surface area contributed by atoms with Crippen LogP contribution >= 0.6 is 0 Å². The van der Waals surface area contributed by atoms with Gasteiger partial charge in [-0.05, 0) is 79.9 Å². The first kappa shape index (κ1) is 38.4. The van der Waals surface area contributed by atoms with E-state index in [2.05, 4.69) is 10.3 Å². The minimum absolute atomic E-state index is 0.0112. The molecular weight excluding hydrogens is 712 g/mol. The summed E-state index contributed by atoms with van der Waals surface area (Å²) in [7, 11) is 0. The van der Waals surface area contributed by atoms with Gasteiger partial charge in [0.25, 0.3) is 0 Å². The van der Waals surface area contributed by atoms with Crippen molar-refractivity contribution in [2.24, 2.45) is 34.3 Å². The summed E-state index contributed by atoms with van der Waals surface area (Å²) >= 11 is 0. The SMILES string of the molecule is C[C@@H]1C[C@H]2[C@@H]3CCC4=CC(=O)C=C[C@]4(C)[C@@]3(F)[C@@H](O)C[C@]2(C)[C@@]1(O)C(=O)COC(=O)OCc1ccc([C@@H](CN)C(=O)Nc2ccc3cnccc3c2F)cc1. The number of fused-ring (bicyclic) bond motifs is 6. The number of aliphatic hydroxyl groups excluding tert-OH is 1. The average molecular weight is 758 g/mol. The number of nitrogens with one attached hydrogen (secondary N) is 1. The molecule has 0 radical (unpaired) electrons. The van der Waals surface area contributed by atoms with Crippen LogP contribution in [-0.2, 0) is 30.5 Å². The summed E-state index contributed by atoms with van der Waals surface area (Å²) in [5.41, 5.74) is 1.11. The number of aliphatic hydroxyl groups is 2. The quantitative estimate of drug-likeness (QED) is 0.200. The summed E-state index contributed by atoms with van der Waals surface area (Å²) in [6.45, 7) is 4.04. The second-order valence-electron chi connectivity index (χ2n) is 16.0. The molecule has 4 aliphatic rings. The van der Waals surface area contributed by atoms with Crippen molar-refractivity contribution in [3.8, 4) is 0 Å². The summed E-state index contributed by atoms with van der Waals surface area (Å²) in [5, 5.41) is 27.2. The fourth-order valence-electron chi connectivity index (χ4n) is 10.2. The molecule has 1 heterocycles. The van der Waals surface area contributed by atoms with Crippen molar-refractivity contribution in [3.05, 3.63) is 95.6 Å². The van der Waals surface area contributed by atoms with E-state index in [-0.39, 0.29) is 31.0 Å². The number of aromatic nitrogens is 1. The van der Waals surface area contributed by atoms with Gasteiger partial charge in [-0.2, -0.15) is 0 Å². The van der Waals surface area contributed by atoms with Gasteiger partial charge in [0, 0.05) is 46.5 Å². The predicted octanol–water partition coefficient (Wildman–Crippen LogP) is 5.63. The van der Waals surface area contributed by atoms with E-state index in [1.807, 2.05) is 0 Å². The molecule has 5 N–H and O–H groups in total. The third-order valence-corrected chi connectivity index (χ3v) is 13.3. The number of anilines is 1. The molecule has 9 atom stereocenters. The molecule has 0 bridgehead atoms. The lowest BCUT2D eigenvalue weighted by molar-refractivity contribution is -0.219. The lowest BCUT2D eigenvalue weighted by Gasteiger charge is -2.62. The Bertz CT molecular complexity index is 2120. The molecule has 2 aromatic carbocycles. The molecule has 13 heteroatoms. The van der Waals surface area contributed by atoms with Crippen LogP contribution < -0.4 is 11.1 Å². The number of carbonyl (C=O) groups excluding carboxylic acids is 4. The van der Waals surface area contributed by atoms with Crippen LogP contribution in [0.3, 0.4) is 0 Å². The van der Waals surface area contributed by atoms with Gasteiger partial charge in [-0.3, -0.25) is 19.4 Å². The molecule has 3 saturated carbocycles. The van der Waals surface area contributed by atoms with Crippen LogP contribution in [0.2, 0.25) is 0 Å². The molecular formula is C42H45F2N3O8. The maximum atomic E-state index is 17.4. The van der Waals surface area contributed by atoms with Gasteiger partial charge >= 0.3 is 6.16 Å². The minimum atomic E-state index is -2.11. The monoisotopic (exact) mass is 757 g/mol. The van der Waals surface area contributed by atoms with Crippen LogP contribution in [0.5, 0.6) is 0 Å². The van der Waals surface area contributed by atoms with Gasteiger partial charge in [0.05, 0.1) is 17.7 Å². The molecule has 1 aromatic heterocycles. The number of carbonyl (C=O) groups is 4. The van der Waals surface area contributed by atoms with Crippen molar-refractivity contribution in [1.82, 2.24) is 4.98 Å². The van der Waals surface area contributed by atoms with Crippen LogP contribution in [0.4, 0.5) is 19.3 Å². The molecule has 11 nitrogen and oxygen atoms in total. The zero-order valence-electron chi connectivity index (χ0n) is 30.9. The number of hydrogen-bond acceptors (Lipinski definition) is 10. The lowest BCUT2D eigenvalue weighted by atomic mass is 9.44. The van der Waals surface area contributed by atoms with Gasteiger partial charge < -0.3 is 30.7 Å². The number of halogens is 2. The smallest absolute Gasteiger partial charge is 0.429 e. The molecule has 3 aromatic rings. The Balaban J connectivity index is 0.959. The van der Waals surface area contributed by atoms with E-state index in [1.165, 1.54) is 36.7 Å². The number of hydrogen-bond donors (Lipinski definition) is 4. The Morgan fingerprint density at radius 1 is 1.09 bits per heavy atom. The van der Waals surface area contributed by atoms with E-state index in [0.29, 0.717) is 46.7 Å². The first-order chi connectivity index (χ1) is 26.1. The highest BCUT2D eigenvalue weighted by atomic mass is 19.1. The lowest BCUT2D eigenvalue weighted by Crippen LogP contribution is -2.69. The normalized spacial score (nSPS) is 32.8. The number of alkyl halides is 1. The molecule has 0 saturated heterocycles. The zero-order valence-corrected chi connectivity index (χ0v) is 30.9. The number of allylic oxidation sites excluding steroid dienone is 4. The number of nitrogens with two attached hydrogens (primary N) is 1. The van der Waals surface area contributed by atoms with E-state index >= 15 is 8.78 Å². The van der Waals surface area contributed by atoms with Gasteiger partial charge in [0.15, 0.2) is 23.9 Å². The number of rotatable bonds is 9. The van der Waals surface area contributed by atoms with Crippen molar-refractivity contribution in [2.45, 2.75) is 76.4 Å². The Morgan fingerprint density at radius 3 is 2.56 bits per heavy atom. The van der Waals surface area contributed by atoms with Crippen LogP contribution in [0.15, 0.2) is 78.7 Å². The van der Waals surface area contributed by atoms with Gasteiger partial charge in [0.1, 0.15) is 12.2 Å². The Hall–Kier alpha value is -4.85. The third kappa shape index (κ3) is 5.98. The number of pyridine rings is 1. The van der Waals surface area contributed by atoms with E-state index in [0.717, 1.165) is 0 Å². The maximum Gasteiger partial charge on any atom is 0.509 e. The average Bonchev–Trinajstić information content (AvgIpc) is 3.37. The van der Waals surface area contributed by atoms with Crippen molar-refractivity contribution in [3.63, 3.8) is 0 Å². The highest BCUT2D eigenvalue weighted by Crippen LogP contribution is 2.70. The Labute approximate surface area is 317 Å². The van der Waals surface area contributed by atoms with Crippen LogP contribution in [0.1, 0.15) is 63.5 Å². The second-order valence-corrected chi connectivity index (χ2v) is 16.0. The van der Waals surface area contributed by atoms with Crippen LogP contribution in [0.25, 0.3) is 10.8 Å². The number of amides is 1. The summed E-state index contributed by atoms with van der Waals surface area (Å²) in [5.74, 6) is -4.66. The largest absolute Gasteiger partial charge is 0.509 e. The molecule has 0 spiro atoms. The summed E-state index contributed by atoms with van der Waals surface area (Å²) < 4.78 is 42.9. The molecule has 0 aliphatic heterocycles. The molecule has 4 aliphatic carbocycles. The van der Waals surface area contributed by atoms with E-state index in [9.17, 15) is 29.4 Å². The van der Waals surface area contributed by atoms with Gasteiger partial charge in [-0.1, -0.05) is 55.8 Å². The fraction of sp³-hybridized carbons (Fsp3) is 0.452. The first-order valence-corrected chi connectivity index (χ1v) is 18.6. The van der Waals surface area contributed by atoms with E-state index < -0.39 is 82.1 Å². The van der Waals surface area contributed by atoms with Crippen molar-refractivity contribution in [1.29, 1.82) is 0 Å². The molecule has 55 heavy (non-hydrogen) atoms. The summed E-state index contributed by atoms with van der Waals surface area (Å²) in [6.07, 6.45) is 5.58. The van der Waals surface area contributed by atoms with Crippen LogP contribution in [0, 0.1) is 34.4 Å². The maximum absolute atomic E-state index is 17.4. The minimum Gasteiger partial charge on any atom is -0.429 e. The molecule has 7 rings (SSSR count). The highest BCUT2D eigenvalue weighted by Gasteiger charge is 2.75. The van der Waals surface area contributed by atoms with Gasteiger partial charge in [0.2, 0.25) is 11.7 Å². The highest BCUT2D eigenvalue weighted by molar-refractivity contribution is 6.01. The number of nitrogens with zero attached hydrogens (tertiary/aromatic N) is 1. The number of Topliss-reactive ketones (excluding diaryl/α,β-unsaturated/α-hetero) is 1. The predicted molar refractivity (Wildman–Crippen MR) is 198 cm³/mol. The molecule has 0 unspecified atom stereocenters. The molecule has 3 fully saturated rings. The van der Waals surface area contributed by atoms with Crippen molar-refractivity contribution in [2.75, 3.05) is 18.5 Å². The standard InChI is InChI=1S/C42H45F2N3O8/c1-23-16-32-31-10-9-27-17-28(48)12-14-39(27,2)41(31,44)34(49)18-40(32,3)42(23,53)35(50)22-55-38(52)54-21-24-4-6-25(7-5-24)30(19-45)37(51)47-33-11-8-26-20-46-15-13-29(26)36(33)43/h4-8,11-15,17,20,23,30-32,34,49,53H,9-10,16,18-19,21-22,45H2,1-3H3,(H,47,51)/t23-,30-,31+,32+,34+,39+,40+,41+,42+/m1/s1. The van der Waals surface area contributed by atoms with Crippen molar-refractivity contribution < 1.29 is 47.6 Å². The third-order valence-electron chi connectivity index (χ3n) is 13.3. The molecule has 1 amide bonds. The Morgan fingerprint density at radius 2 is 1.84 bits per heavy atom. The number of benzene rings is 2. The summed E-state index contributed by atoms with van der Waals surface area (Å²) in [4.78, 5) is 55.6. The summed E-state index contributed by atoms with van der Waals surface area (Å²) in [6, 6.07) is 11.2. The number of ketones is 2. The van der Waals surface area contributed by atoms with E-state index in [1.54, 1.807) is 57.2 Å². The van der Waals surface area contributed by atoms with Gasteiger partial charge in [-0.15, -0.1) is 0 Å². The second kappa shape index (κ2) is 14.0. The Kier molecular flexibility index (Phi) is 9.80. The molecule has 290 valence electrons. The fourth-order valence-corrected chi connectivity index (χ4v) is 10.2. The first-order valence-electron chi connectivity index (χ1n) is 18.6. The van der Waals surface area contributed by atoms with Gasteiger partial charge in [-0.25, -0.2) is 13.6 Å². The number of ether oxygens (including phenoxy) is 2. The van der Waals surface area contributed by atoms with Crippen LogP contribution in [-0.4, -0.2) is 69.4 Å². The topological polar surface area (TPSA) is 178 Å².